The lowest BCUT2D eigenvalue weighted by Gasteiger charge is -2.07. The van der Waals surface area contributed by atoms with Crippen molar-refractivity contribution in [3.05, 3.63) is 71.0 Å². The molecule has 0 aliphatic carbocycles. The molecular formula is C17H19FN2O3S. The van der Waals surface area contributed by atoms with E-state index in [0.29, 0.717) is 12.1 Å². The third kappa shape index (κ3) is 5.75. The third-order valence-electron chi connectivity index (χ3n) is 3.46. The predicted octanol–water partition coefficient (Wildman–Crippen LogP) is 1.73. The van der Waals surface area contributed by atoms with E-state index >= 15 is 0 Å². The van der Waals surface area contributed by atoms with Crippen LogP contribution in [0.5, 0.6) is 0 Å². The number of sulfonamides is 1. The molecule has 2 aromatic rings. The summed E-state index contributed by atoms with van der Waals surface area (Å²) >= 11 is 0. The lowest BCUT2D eigenvalue weighted by atomic mass is 10.1. The number of nitrogens with one attached hydrogen (secondary N) is 2. The van der Waals surface area contributed by atoms with Crippen LogP contribution in [0.25, 0.3) is 0 Å². The molecule has 0 saturated heterocycles. The van der Waals surface area contributed by atoms with E-state index in [1.54, 1.807) is 36.4 Å². The van der Waals surface area contributed by atoms with Gasteiger partial charge < -0.3 is 5.32 Å². The van der Waals surface area contributed by atoms with Crippen molar-refractivity contribution in [3.8, 4) is 0 Å². The van der Waals surface area contributed by atoms with Gasteiger partial charge in [0.25, 0.3) is 0 Å². The highest BCUT2D eigenvalue weighted by atomic mass is 32.2. The van der Waals surface area contributed by atoms with E-state index in [0.717, 1.165) is 11.1 Å². The Hall–Kier alpha value is -2.25. The summed E-state index contributed by atoms with van der Waals surface area (Å²) in [6.07, 6.45) is 0.179. The molecule has 24 heavy (non-hydrogen) atoms. The lowest BCUT2D eigenvalue weighted by Crippen LogP contribution is -2.24. The van der Waals surface area contributed by atoms with Crippen LogP contribution < -0.4 is 10.0 Å². The van der Waals surface area contributed by atoms with E-state index < -0.39 is 10.0 Å². The van der Waals surface area contributed by atoms with Crippen LogP contribution >= 0.6 is 0 Å². The first kappa shape index (κ1) is 18.1. The monoisotopic (exact) mass is 350 g/mol. The number of carbonyl (C=O) groups excluding carboxylic acids is 1. The van der Waals surface area contributed by atoms with Crippen molar-refractivity contribution >= 4 is 15.9 Å². The molecule has 2 aromatic carbocycles. The molecule has 0 saturated carbocycles. The fourth-order valence-corrected chi connectivity index (χ4v) is 2.87. The smallest absolute Gasteiger partial charge is 0.224 e. The van der Waals surface area contributed by atoms with Gasteiger partial charge in [0.1, 0.15) is 5.82 Å². The Balaban J connectivity index is 1.85. The fraction of sp³-hybridized carbons (Fsp3) is 0.235. The van der Waals surface area contributed by atoms with Crippen LogP contribution in [-0.4, -0.2) is 21.4 Å². The van der Waals surface area contributed by atoms with Crippen molar-refractivity contribution in [3.63, 3.8) is 0 Å². The van der Waals surface area contributed by atoms with Crippen LogP contribution in [0, 0.1) is 5.82 Å². The number of rotatable bonds is 7. The Bertz CT molecular complexity index is 788. The molecular weight excluding hydrogens is 331 g/mol. The highest BCUT2D eigenvalue weighted by Gasteiger charge is 2.08. The Morgan fingerprint density at radius 1 is 0.958 bits per heavy atom. The molecule has 2 rings (SSSR count). The second-order valence-electron chi connectivity index (χ2n) is 5.36. The van der Waals surface area contributed by atoms with Gasteiger partial charge >= 0.3 is 0 Å². The molecule has 128 valence electrons. The van der Waals surface area contributed by atoms with E-state index in [1.807, 2.05) is 0 Å². The zero-order valence-corrected chi connectivity index (χ0v) is 14.1. The van der Waals surface area contributed by atoms with Gasteiger partial charge in [0, 0.05) is 6.54 Å². The van der Waals surface area contributed by atoms with Crippen molar-refractivity contribution in [1.29, 1.82) is 0 Å². The zero-order chi connectivity index (χ0) is 17.6. The summed E-state index contributed by atoms with van der Waals surface area (Å²) in [6.45, 7) is 0.346. The van der Waals surface area contributed by atoms with Crippen LogP contribution in [-0.2, 0) is 33.5 Å². The number of benzene rings is 2. The first-order chi connectivity index (χ1) is 11.4. The summed E-state index contributed by atoms with van der Waals surface area (Å²) in [5.41, 5.74) is 2.28. The molecule has 0 aliphatic rings. The molecule has 0 aliphatic heterocycles. The Morgan fingerprint density at radius 3 is 2.08 bits per heavy atom. The number of halogens is 1. The second kappa shape index (κ2) is 8.03. The molecule has 7 heteroatoms. The van der Waals surface area contributed by atoms with Crippen molar-refractivity contribution in [2.75, 3.05) is 7.05 Å². The van der Waals surface area contributed by atoms with E-state index in [4.69, 9.17) is 0 Å². The maximum atomic E-state index is 12.8. The van der Waals surface area contributed by atoms with Gasteiger partial charge in [0.15, 0.2) is 0 Å². The summed E-state index contributed by atoms with van der Waals surface area (Å²) in [4.78, 5) is 11.9. The van der Waals surface area contributed by atoms with Gasteiger partial charge in [-0.1, -0.05) is 36.4 Å². The van der Waals surface area contributed by atoms with E-state index in [9.17, 15) is 17.6 Å². The van der Waals surface area contributed by atoms with E-state index in [1.165, 1.54) is 19.2 Å². The minimum atomic E-state index is -3.30. The third-order valence-corrected chi connectivity index (χ3v) is 4.79. The number of hydrogen-bond donors (Lipinski definition) is 2. The summed E-state index contributed by atoms with van der Waals surface area (Å²) < 4.78 is 38.0. The summed E-state index contributed by atoms with van der Waals surface area (Å²) in [5.74, 6) is -0.580. The van der Waals surface area contributed by atoms with Gasteiger partial charge in [-0.15, -0.1) is 0 Å². The zero-order valence-electron chi connectivity index (χ0n) is 13.3. The lowest BCUT2D eigenvalue weighted by molar-refractivity contribution is -0.120. The predicted molar refractivity (Wildman–Crippen MR) is 90.1 cm³/mol. The fourth-order valence-electron chi connectivity index (χ4n) is 2.10. The maximum absolute atomic E-state index is 12.8. The largest absolute Gasteiger partial charge is 0.352 e. The average molecular weight is 350 g/mol. The molecule has 1 amide bonds. The van der Waals surface area contributed by atoms with Crippen LogP contribution in [0.2, 0.25) is 0 Å². The molecule has 0 fully saturated rings. The maximum Gasteiger partial charge on any atom is 0.224 e. The first-order valence-electron chi connectivity index (χ1n) is 7.38. The topological polar surface area (TPSA) is 75.3 Å². The van der Waals surface area contributed by atoms with Gasteiger partial charge in [0.2, 0.25) is 15.9 Å². The van der Waals surface area contributed by atoms with Gasteiger partial charge in [-0.3, -0.25) is 4.79 Å². The summed E-state index contributed by atoms with van der Waals surface area (Å²) in [7, 11) is -1.92. The molecule has 0 heterocycles. The molecule has 0 atom stereocenters. The summed E-state index contributed by atoms with van der Waals surface area (Å²) in [5, 5.41) is 2.78. The standard InChI is InChI=1S/C17H19FN2O3S/c1-19-24(22,23)12-15-4-2-14(3-5-15)11-20-17(21)10-13-6-8-16(18)9-7-13/h2-9,19H,10-12H2,1H3,(H,20,21). The molecule has 0 spiro atoms. The average Bonchev–Trinajstić information content (AvgIpc) is 2.56. The molecule has 0 bridgehead atoms. The molecule has 0 unspecified atom stereocenters. The van der Waals surface area contributed by atoms with Gasteiger partial charge in [-0.05, 0) is 35.9 Å². The van der Waals surface area contributed by atoms with Crippen molar-refractivity contribution in [2.24, 2.45) is 0 Å². The quantitative estimate of drug-likeness (QED) is 0.799. The number of hydrogen-bond acceptors (Lipinski definition) is 3. The Morgan fingerprint density at radius 2 is 1.50 bits per heavy atom. The summed E-state index contributed by atoms with van der Waals surface area (Å²) in [6, 6.07) is 12.8. The number of amides is 1. The minimum Gasteiger partial charge on any atom is -0.352 e. The normalized spacial score (nSPS) is 11.2. The minimum absolute atomic E-state index is 0.0826. The van der Waals surface area contributed by atoms with Crippen molar-refractivity contribution in [1.82, 2.24) is 10.0 Å². The van der Waals surface area contributed by atoms with E-state index in [2.05, 4.69) is 10.0 Å². The van der Waals surface area contributed by atoms with Gasteiger partial charge in [-0.25, -0.2) is 17.5 Å². The molecule has 0 aromatic heterocycles. The van der Waals surface area contributed by atoms with Gasteiger partial charge in [-0.2, -0.15) is 0 Å². The molecule has 2 N–H and O–H groups in total. The second-order valence-corrected chi connectivity index (χ2v) is 7.29. The van der Waals surface area contributed by atoms with Crippen LogP contribution in [0.1, 0.15) is 16.7 Å². The Kier molecular flexibility index (Phi) is 6.05. The van der Waals surface area contributed by atoms with Crippen molar-refractivity contribution in [2.45, 2.75) is 18.7 Å². The van der Waals surface area contributed by atoms with Crippen molar-refractivity contribution < 1.29 is 17.6 Å². The highest BCUT2D eigenvalue weighted by Crippen LogP contribution is 2.08. The highest BCUT2D eigenvalue weighted by molar-refractivity contribution is 7.88. The van der Waals surface area contributed by atoms with Crippen LogP contribution in [0.4, 0.5) is 4.39 Å². The number of carbonyl (C=O) groups is 1. The molecule has 5 nitrogen and oxygen atoms in total. The SMILES string of the molecule is CNS(=O)(=O)Cc1ccc(CNC(=O)Cc2ccc(F)cc2)cc1. The molecule has 0 radical (unpaired) electrons. The van der Waals surface area contributed by atoms with Crippen LogP contribution in [0.3, 0.4) is 0 Å². The van der Waals surface area contributed by atoms with E-state index in [-0.39, 0.29) is 23.9 Å². The van der Waals surface area contributed by atoms with Crippen LogP contribution in [0.15, 0.2) is 48.5 Å². The first-order valence-corrected chi connectivity index (χ1v) is 9.03. The van der Waals surface area contributed by atoms with Gasteiger partial charge in [0.05, 0.1) is 12.2 Å². The Labute approximate surface area is 141 Å².